The minimum atomic E-state index is -0.107. The summed E-state index contributed by atoms with van der Waals surface area (Å²) in [4.78, 5) is 11.5. The number of hydrogen-bond donors (Lipinski definition) is 2. The van der Waals surface area contributed by atoms with Gasteiger partial charge in [0.1, 0.15) is 5.75 Å². The molecule has 0 unspecified atom stereocenters. The van der Waals surface area contributed by atoms with E-state index >= 15 is 0 Å². The first-order valence-electron chi connectivity index (χ1n) is 5.58. The summed E-state index contributed by atoms with van der Waals surface area (Å²) < 4.78 is 5.32. The molecule has 0 amide bonds. The topological polar surface area (TPSA) is 57.9 Å². The van der Waals surface area contributed by atoms with E-state index < -0.39 is 0 Å². The van der Waals surface area contributed by atoms with E-state index in [-0.39, 0.29) is 5.56 Å². The van der Waals surface area contributed by atoms with Crippen molar-refractivity contribution in [3.8, 4) is 16.9 Å². The smallest absolute Gasteiger partial charge is 0.271 e. The fourth-order valence-corrected chi connectivity index (χ4v) is 1.87. The highest BCUT2D eigenvalue weighted by atomic mass is 16.5. The van der Waals surface area contributed by atoms with E-state index in [2.05, 4.69) is 24.0 Å². The van der Waals surface area contributed by atoms with Crippen LogP contribution in [-0.4, -0.2) is 17.3 Å². The van der Waals surface area contributed by atoms with Crippen LogP contribution in [0.25, 0.3) is 11.1 Å². The van der Waals surface area contributed by atoms with Crippen molar-refractivity contribution in [2.24, 2.45) is 0 Å². The second-order valence-electron chi connectivity index (χ2n) is 4.27. The Morgan fingerprint density at radius 1 is 1.29 bits per heavy atom. The number of rotatable bonds is 3. The van der Waals surface area contributed by atoms with Gasteiger partial charge in [0.15, 0.2) is 0 Å². The van der Waals surface area contributed by atoms with Gasteiger partial charge in [0, 0.05) is 6.20 Å². The number of nitrogens with one attached hydrogen (secondary N) is 2. The molecule has 0 bridgehead atoms. The van der Waals surface area contributed by atoms with Crippen LogP contribution in [-0.2, 0) is 0 Å². The van der Waals surface area contributed by atoms with E-state index in [0.717, 1.165) is 16.9 Å². The summed E-state index contributed by atoms with van der Waals surface area (Å²) in [6.45, 7) is 4.20. The molecule has 1 aromatic carbocycles. The normalized spacial score (nSPS) is 10.8. The first-order valence-corrected chi connectivity index (χ1v) is 5.58. The third-order valence-corrected chi connectivity index (χ3v) is 2.81. The molecule has 0 atom stereocenters. The summed E-state index contributed by atoms with van der Waals surface area (Å²) in [6, 6.07) is 5.79. The minimum absolute atomic E-state index is 0.107. The average Bonchev–Trinajstić information content (AvgIpc) is 2.74. The lowest BCUT2D eigenvalue weighted by Gasteiger charge is -2.12. The van der Waals surface area contributed by atoms with Crippen molar-refractivity contribution in [2.45, 2.75) is 19.8 Å². The fourth-order valence-electron chi connectivity index (χ4n) is 1.87. The summed E-state index contributed by atoms with van der Waals surface area (Å²) in [5.74, 6) is 1.21. The molecule has 2 aromatic rings. The molecule has 1 heterocycles. The van der Waals surface area contributed by atoms with E-state index in [9.17, 15) is 4.79 Å². The molecule has 1 aromatic heterocycles. The number of H-pyrrole nitrogens is 2. The molecule has 0 spiro atoms. The number of methoxy groups -OCH3 is 1. The van der Waals surface area contributed by atoms with Crippen molar-refractivity contribution in [2.75, 3.05) is 7.11 Å². The molecule has 0 radical (unpaired) electrons. The van der Waals surface area contributed by atoms with Crippen LogP contribution in [0.2, 0.25) is 0 Å². The number of aromatic amines is 2. The van der Waals surface area contributed by atoms with Crippen molar-refractivity contribution in [1.82, 2.24) is 10.2 Å². The Morgan fingerprint density at radius 3 is 2.59 bits per heavy atom. The maximum atomic E-state index is 11.5. The van der Waals surface area contributed by atoms with Crippen LogP contribution in [0.3, 0.4) is 0 Å². The largest absolute Gasteiger partial charge is 0.496 e. The van der Waals surface area contributed by atoms with Crippen LogP contribution in [0.4, 0.5) is 0 Å². The molecule has 2 rings (SSSR count). The van der Waals surface area contributed by atoms with Crippen LogP contribution in [0, 0.1) is 0 Å². The van der Waals surface area contributed by atoms with Crippen LogP contribution in [0.5, 0.6) is 5.75 Å². The van der Waals surface area contributed by atoms with Crippen molar-refractivity contribution < 1.29 is 4.74 Å². The Balaban J connectivity index is 2.55. The molecule has 0 aliphatic heterocycles. The monoisotopic (exact) mass is 232 g/mol. The molecule has 4 nitrogen and oxygen atoms in total. The molecule has 17 heavy (non-hydrogen) atoms. The lowest BCUT2D eigenvalue weighted by molar-refractivity contribution is 0.407. The van der Waals surface area contributed by atoms with E-state index in [4.69, 9.17) is 4.74 Å². The fraction of sp³-hybridized carbons (Fsp3) is 0.308. The Bertz CT molecular complexity index is 567. The lowest BCUT2D eigenvalue weighted by atomic mass is 9.97. The Hall–Kier alpha value is -1.97. The SMILES string of the molecule is COc1ccc(-c2c[nH][nH]c2=O)cc1C(C)C. The van der Waals surface area contributed by atoms with Gasteiger partial charge in [-0.3, -0.25) is 9.89 Å². The van der Waals surface area contributed by atoms with Crippen molar-refractivity contribution in [3.63, 3.8) is 0 Å². The van der Waals surface area contributed by atoms with Crippen molar-refractivity contribution >= 4 is 0 Å². The maximum Gasteiger partial charge on any atom is 0.271 e. The summed E-state index contributed by atoms with van der Waals surface area (Å²) in [7, 11) is 1.66. The standard InChI is InChI=1S/C13H16N2O2/c1-8(2)10-6-9(4-5-12(10)17-3)11-7-14-15-13(11)16/h4-8H,1-3H3,(H2,14,15,16). The molecule has 0 aliphatic rings. The van der Waals surface area contributed by atoms with Gasteiger partial charge in [-0.1, -0.05) is 19.9 Å². The van der Waals surface area contributed by atoms with Gasteiger partial charge in [-0.15, -0.1) is 0 Å². The third-order valence-electron chi connectivity index (χ3n) is 2.81. The van der Waals surface area contributed by atoms with Crippen LogP contribution in [0.1, 0.15) is 25.3 Å². The van der Waals surface area contributed by atoms with Gasteiger partial charge in [-0.25, -0.2) is 0 Å². The van der Waals surface area contributed by atoms with Crippen molar-refractivity contribution in [1.29, 1.82) is 0 Å². The summed E-state index contributed by atoms with van der Waals surface area (Å²) in [5, 5.41) is 5.24. The van der Waals surface area contributed by atoms with E-state index in [0.29, 0.717) is 11.5 Å². The molecule has 0 saturated heterocycles. The summed E-state index contributed by atoms with van der Waals surface area (Å²) >= 11 is 0. The number of aromatic nitrogens is 2. The highest BCUT2D eigenvalue weighted by molar-refractivity contribution is 5.64. The lowest BCUT2D eigenvalue weighted by Crippen LogP contribution is -2.02. The number of benzene rings is 1. The quantitative estimate of drug-likeness (QED) is 0.854. The van der Waals surface area contributed by atoms with Gasteiger partial charge in [-0.05, 0) is 29.2 Å². The summed E-state index contributed by atoms with van der Waals surface area (Å²) in [5.41, 5.74) is 2.54. The van der Waals surface area contributed by atoms with E-state index in [1.165, 1.54) is 0 Å². The van der Waals surface area contributed by atoms with Crippen LogP contribution in [0.15, 0.2) is 29.2 Å². The van der Waals surface area contributed by atoms with Gasteiger partial charge >= 0.3 is 0 Å². The zero-order valence-corrected chi connectivity index (χ0v) is 10.2. The van der Waals surface area contributed by atoms with Gasteiger partial charge in [-0.2, -0.15) is 0 Å². The Labute approximate surface area is 99.6 Å². The molecular formula is C13H16N2O2. The molecule has 2 N–H and O–H groups in total. The molecule has 0 fully saturated rings. The van der Waals surface area contributed by atoms with Gasteiger partial charge in [0.25, 0.3) is 5.56 Å². The van der Waals surface area contributed by atoms with Gasteiger partial charge in [0.05, 0.1) is 12.7 Å². The second kappa shape index (κ2) is 4.49. The maximum absolute atomic E-state index is 11.5. The second-order valence-corrected chi connectivity index (χ2v) is 4.27. The highest BCUT2D eigenvalue weighted by Gasteiger charge is 2.11. The first kappa shape index (κ1) is 11.5. The van der Waals surface area contributed by atoms with Crippen molar-refractivity contribution in [3.05, 3.63) is 40.3 Å². The molecule has 4 heteroatoms. The predicted molar refractivity (Wildman–Crippen MR) is 67.5 cm³/mol. The zero-order chi connectivity index (χ0) is 12.4. The molecule has 90 valence electrons. The Morgan fingerprint density at radius 2 is 2.06 bits per heavy atom. The minimum Gasteiger partial charge on any atom is -0.496 e. The predicted octanol–water partition coefficient (Wildman–Crippen LogP) is 2.50. The molecule has 0 aliphatic carbocycles. The Kier molecular flexibility index (Phi) is 3.04. The number of hydrogen-bond acceptors (Lipinski definition) is 2. The molecular weight excluding hydrogens is 216 g/mol. The summed E-state index contributed by atoms with van der Waals surface area (Å²) in [6.07, 6.45) is 1.67. The third kappa shape index (κ3) is 2.11. The van der Waals surface area contributed by atoms with E-state index in [1.54, 1.807) is 13.3 Å². The average molecular weight is 232 g/mol. The highest BCUT2D eigenvalue weighted by Crippen LogP contribution is 2.30. The molecule has 0 saturated carbocycles. The van der Waals surface area contributed by atoms with E-state index in [1.807, 2.05) is 18.2 Å². The first-order chi connectivity index (χ1) is 8.13. The van der Waals surface area contributed by atoms with Crippen LogP contribution >= 0.6 is 0 Å². The number of ether oxygens (including phenoxy) is 1. The zero-order valence-electron chi connectivity index (χ0n) is 10.2. The van der Waals surface area contributed by atoms with Gasteiger partial charge in [0.2, 0.25) is 0 Å². The van der Waals surface area contributed by atoms with Crippen LogP contribution < -0.4 is 10.3 Å². The van der Waals surface area contributed by atoms with Gasteiger partial charge < -0.3 is 9.84 Å².